The highest BCUT2D eigenvalue weighted by Crippen LogP contribution is 2.26. The maximum Gasteiger partial charge on any atom is 0.306 e. The predicted octanol–water partition coefficient (Wildman–Crippen LogP) is 15.1. The van der Waals surface area contributed by atoms with Gasteiger partial charge in [0.15, 0.2) is 12.4 Å². The maximum atomic E-state index is 13.4. The van der Waals surface area contributed by atoms with Crippen molar-refractivity contribution < 1.29 is 49.3 Å². The van der Waals surface area contributed by atoms with E-state index in [-0.39, 0.29) is 13.0 Å². The highest BCUT2D eigenvalue weighted by molar-refractivity contribution is 5.80. The van der Waals surface area contributed by atoms with E-state index in [1.165, 1.54) is 186 Å². The van der Waals surface area contributed by atoms with Crippen molar-refractivity contribution in [1.82, 2.24) is 5.32 Å². The van der Waals surface area contributed by atoms with Gasteiger partial charge in [0.05, 0.1) is 25.4 Å². The van der Waals surface area contributed by atoms with Gasteiger partial charge in [-0.05, 0) is 57.8 Å². The lowest BCUT2D eigenvalue weighted by atomic mass is 9.99. The molecule has 0 spiro atoms. The number of unbranched alkanes of at least 4 members (excludes halogenated alkanes) is 36. The van der Waals surface area contributed by atoms with Crippen LogP contribution in [0.4, 0.5) is 0 Å². The summed E-state index contributed by atoms with van der Waals surface area (Å²) < 4.78 is 17.6. The summed E-state index contributed by atoms with van der Waals surface area (Å²) >= 11 is 0. The molecule has 0 aromatic heterocycles. The summed E-state index contributed by atoms with van der Waals surface area (Å²) in [5.41, 5.74) is 0. The fourth-order valence-corrected chi connectivity index (χ4v) is 9.98. The van der Waals surface area contributed by atoms with E-state index < -0.39 is 67.4 Å². The Morgan fingerprint density at radius 3 is 1.39 bits per heavy atom. The molecule has 11 heteroatoms. The van der Waals surface area contributed by atoms with Crippen molar-refractivity contribution >= 4 is 11.9 Å². The van der Waals surface area contributed by atoms with Crippen LogP contribution in [0.15, 0.2) is 36.5 Å². The summed E-state index contributed by atoms with van der Waals surface area (Å²) in [4.78, 5) is 26.5. The zero-order valence-corrected chi connectivity index (χ0v) is 48.7. The Morgan fingerprint density at radius 1 is 0.520 bits per heavy atom. The molecule has 1 heterocycles. The molecule has 0 aromatic carbocycles. The van der Waals surface area contributed by atoms with Gasteiger partial charge in [0.25, 0.3) is 0 Å². The van der Waals surface area contributed by atoms with E-state index >= 15 is 0 Å². The first kappa shape index (κ1) is 70.9. The molecule has 1 aliphatic rings. The van der Waals surface area contributed by atoms with Crippen molar-refractivity contribution in [2.24, 2.45) is 0 Å². The number of hydrogen-bond donors (Lipinski definition) is 6. The summed E-state index contributed by atoms with van der Waals surface area (Å²) in [7, 11) is 0. The average Bonchev–Trinajstić information content (AvgIpc) is 3.41. The number of carbonyl (C=O) groups is 2. The molecule has 1 amide bonds. The molecule has 11 nitrogen and oxygen atoms in total. The molecule has 1 rings (SSSR count). The largest absolute Gasteiger partial charge is 0.454 e. The van der Waals surface area contributed by atoms with Crippen LogP contribution < -0.4 is 5.32 Å². The number of hydrogen-bond acceptors (Lipinski definition) is 10. The van der Waals surface area contributed by atoms with E-state index in [1.54, 1.807) is 6.08 Å². The third-order valence-corrected chi connectivity index (χ3v) is 15.0. The fourth-order valence-electron chi connectivity index (χ4n) is 9.98. The third-order valence-electron chi connectivity index (χ3n) is 15.0. The van der Waals surface area contributed by atoms with E-state index in [9.17, 15) is 35.1 Å². The van der Waals surface area contributed by atoms with Gasteiger partial charge in [0.1, 0.15) is 24.4 Å². The van der Waals surface area contributed by atoms with Crippen LogP contribution in [0, 0.1) is 0 Å². The van der Waals surface area contributed by atoms with E-state index in [1.807, 2.05) is 6.08 Å². The Hall–Kier alpha value is -2.12. The van der Waals surface area contributed by atoms with Gasteiger partial charge >= 0.3 is 5.97 Å². The van der Waals surface area contributed by atoms with Crippen molar-refractivity contribution in [2.45, 2.75) is 346 Å². The van der Waals surface area contributed by atoms with Crippen LogP contribution in [0.2, 0.25) is 0 Å². The summed E-state index contributed by atoms with van der Waals surface area (Å²) in [6, 6.07) is -1.02. The fraction of sp³-hybridized carbons (Fsp3) is 0.875. The highest BCUT2D eigenvalue weighted by Gasteiger charge is 2.47. The number of aliphatic hydroxyl groups is 5. The molecule has 8 unspecified atom stereocenters. The van der Waals surface area contributed by atoms with Crippen LogP contribution >= 0.6 is 0 Å². The first-order valence-corrected chi connectivity index (χ1v) is 31.8. The number of ether oxygens (including phenoxy) is 3. The van der Waals surface area contributed by atoms with Crippen LogP contribution in [-0.2, 0) is 23.8 Å². The minimum Gasteiger partial charge on any atom is -0.454 e. The minimum absolute atomic E-state index is 0.124. The Balaban J connectivity index is 2.63. The van der Waals surface area contributed by atoms with E-state index in [4.69, 9.17) is 14.2 Å². The van der Waals surface area contributed by atoms with Gasteiger partial charge in [-0.15, -0.1) is 0 Å². The predicted molar refractivity (Wildman–Crippen MR) is 311 cm³/mol. The highest BCUT2D eigenvalue weighted by atomic mass is 16.7. The number of allylic oxidation sites excluding steroid dienone is 5. The molecule has 6 N–H and O–H groups in total. The number of aliphatic hydroxyl groups excluding tert-OH is 5. The lowest BCUT2D eigenvalue weighted by Gasteiger charge is -2.41. The first-order chi connectivity index (χ1) is 36.7. The number of nitrogens with one attached hydrogen (secondary N) is 1. The molecule has 0 radical (unpaired) electrons. The van der Waals surface area contributed by atoms with Crippen LogP contribution in [0.25, 0.3) is 0 Å². The van der Waals surface area contributed by atoms with E-state index in [2.05, 4.69) is 50.4 Å². The average molecular weight is 1060 g/mol. The monoisotopic (exact) mass is 1060 g/mol. The Bertz CT molecular complexity index is 1360. The van der Waals surface area contributed by atoms with Crippen LogP contribution in [0.1, 0.15) is 297 Å². The number of rotatable bonds is 54. The summed E-state index contributed by atoms with van der Waals surface area (Å²) in [6.07, 6.45) is 51.8. The second-order valence-corrected chi connectivity index (χ2v) is 22.1. The smallest absolute Gasteiger partial charge is 0.306 e. The Kier molecular flexibility index (Phi) is 49.7. The topological polar surface area (TPSA) is 175 Å². The summed E-state index contributed by atoms with van der Waals surface area (Å²) in [6.45, 7) is 5.78. The molecule has 0 aliphatic carbocycles. The third kappa shape index (κ3) is 40.7. The van der Waals surface area contributed by atoms with Crippen molar-refractivity contribution in [3.05, 3.63) is 36.5 Å². The zero-order chi connectivity index (χ0) is 54.7. The molecule has 1 fully saturated rings. The van der Waals surface area contributed by atoms with E-state index in [0.717, 1.165) is 64.2 Å². The molecular formula is C64H119NO10. The lowest BCUT2D eigenvalue weighted by molar-refractivity contribution is -0.305. The van der Waals surface area contributed by atoms with Gasteiger partial charge in [0.2, 0.25) is 5.91 Å². The molecule has 0 aromatic rings. The Labute approximate surface area is 460 Å². The molecule has 8 atom stereocenters. The van der Waals surface area contributed by atoms with Crippen LogP contribution in [0.3, 0.4) is 0 Å². The maximum absolute atomic E-state index is 13.4. The molecule has 1 aliphatic heterocycles. The van der Waals surface area contributed by atoms with Gasteiger partial charge in [0, 0.05) is 6.42 Å². The molecule has 75 heavy (non-hydrogen) atoms. The standard InChI is InChI=1S/C64H119NO10/c1-4-7-10-13-16-19-22-25-26-27-28-29-30-31-32-34-37-40-43-46-49-52-59(69)75-62-61(71)60(70)58(53-66)74-64(62)73-54-55(56(67)50-47-44-41-38-35-24-21-18-15-12-9-6-3)65-63(72)57(68)51-48-45-42-39-36-33-23-20-17-14-11-8-5-2/h16,19,25-26,47,50,55-58,60-62,64,66-68,70-71H,4-15,17-18,20-24,27-46,48-49,51-54H2,1-3H3,(H,65,72)/b19-16-,26-25-,50-47+. The van der Waals surface area contributed by atoms with Crippen molar-refractivity contribution in [3.63, 3.8) is 0 Å². The second kappa shape index (κ2) is 52.6. The second-order valence-electron chi connectivity index (χ2n) is 22.1. The summed E-state index contributed by atoms with van der Waals surface area (Å²) in [5.74, 6) is -1.19. The zero-order valence-electron chi connectivity index (χ0n) is 48.7. The van der Waals surface area contributed by atoms with Gasteiger partial charge < -0.3 is 45.1 Å². The molecule has 440 valence electrons. The number of amides is 1. The van der Waals surface area contributed by atoms with Crippen LogP contribution in [0.5, 0.6) is 0 Å². The molecule has 0 bridgehead atoms. The van der Waals surface area contributed by atoms with Gasteiger partial charge in [-0.25, -0.2) is 0 Å². The van der Waals surface area contributed by atoms with Gasteiger partial charge in [-0.3, -0.25) is 9.59 Å². The molecule has 1 saturated heterocycles. The normalized spacial score (nSPS) is 19.4. The van der Waals surface area contributed by atoms with E-state index in [0.29, 0.717) is 19.3 Å². The van der Waals surface area contributed by atoms with Gasteiger partial charge in [-0.1, -0.05) is 269 Å². The Morgan fingerprint density at radius 2 is 0.920 bits per heavy atom. The SMILES string of the molecule is CCCCC/C=C\C/C=C\CCCCCCCCCCCCCC(=O)OC1C(OCC(NC(=O)C(O)CCCCCCCCCCCCCCC)C(O)/C=C/CCCCCCCCCCCC)OC(CO)C(O)C1O. The van der Waals surface area contributed by atoms with Crippen molar-refractivity contribution in [3.8, 4) is 0 Å². The van der Waals surface area contributed by atoms with Gasteiger partial charge in [-0.2, -0.15) is 0 Å². The lowest BCUT2D eigenvalue weighted by Crippen LogP contribution is -2.61. The van der Waals surface area contributed by atoms with Crippen molar-refractivity contribution in [2.75, 3.05) is 13.2 Å². The van der Waals surface area contributed by atoms with Crippen molar-refractivity contribution in [1.29, 1.82) is 0 Å². The van der Waals surface area contributed by atoms with Crippen LogP contribution in [-0.4, -0.2) is 99.6 Å². The summed E-state index contributed by atoms with van der Waals surface area (Å²) in [5, 5.41) is 57.0. The minimum atomic E-state index is -1.61. The number of esters is 1. The quantitative estimate of drug-likeness (QED) is 0.0195. The molecular weight excluding hydrogens is 943 g/mol. The number of carbonyl (C=O) groups excluding carboxylic acids is 2. The molecule has 0 saturated carbocycles. The first-order valence-electron chi connectivity index (χ1n) is 31.8.